The van der Waals surface area contributed by atoms with E-state index in [1.54, 1.807) is 7.11 Å². The molecule has 1 aliphatic rings. The van der Waals surface area contributed by atoms with Gasteiger partial charge >= 0.3 is 0 Å². The molecule has 100 valence electrons. The number of methoxy groups -OCH3 is 1. The van der Waals surface area contributed by atoms with Crippen molar-refractivity contribution >= 4 is 0 Å². The van der Waals surface area contributed by atoms with Gasteiger partial charge in [0.05, 0.1) is 32.0 Å². The third-order valence-corrected chi connectivity index (χ3v) is 3.36. The van der Waals surface area contributed by atoms with Crippen LogP contribution in [0, 0.1) is 0 Å². The van der Waals surface area contributed by atoms with E-state index < -0.39 is 12.2 Å². The maximum Gasteiger partial charge on any atom is 0.118 e. The van der Waals surface area contributed by atoms with Crippen LogP contribution in [0.2, 0.25) is 0 Å². The molecule has 5 heteroatoms. The van der Waals surface area contributed by atoms with Crippen LogP contribution in [0.3, 0.4) is 0 Å². The van der Waals surface area contributed by atoms with Crippen LogP contribution in [-0.2, 0) is 6.54 Å². The van der Waals surface area contributed by atoms with Gasteiger partial charge in [-0.3, -0.25) is 4.90 Å². The van der Waals surface area contributed by atoms with Crippen molar-refractivity contribution in [1.82, 2.24) is 4.90 Å². The van der Waals surface area contributed by atoms with Gasteiger partial charge in [-0.05, 0) is 17.7 Å². The van der Waals surface area contributed by atoms with Gasteiger partial charge in [0, 0.05) is 13.1 Å². The summed E-state index contributed by atoms with van der Waals surface area (Å²) in [5.74, 6) is 0.800. The highest BCUT2D eigenvalue weighted by molar-refractivity contribution is 5.27. The summed E-state index contributed by atoms with van der Waals surface area (Å²) in [7, 11) is 1.62. The number of hydrogen-bond acceptors (Lipinski definition) is 5. The fourth-order valence-electron chi connectivity index (χ4n) is 2.32. The molecule has 18 heavy (non-hydrogen) atoms. The molecule has 1 aromatic rings. The number of benzene rings is 1. The Morgan fingerprint density at radius 3 is 2.56 bits per heavy atom. The SMILES string of the molecule is COc1ccc(CN2C[C@H](O)[C@@H]2[C@H](O)CO)cc1. The Balaban J connectivity index is 1.96. The molecule has 1 aliphatic heterocycles. The van der Waals surface area contributed by atoms with E-state index in [-0.39, 0.29) is 12.6 Å². The highest BCUT2D eigenvalue weighted by Gasteiger charge is 2.41. The Bertz CT molecular complexity index is 381. The molecule has 0 bridgehead atoms. The molecule has 0 spiro atoms. The monoisotopic (exact) mass is 253 g/mol. The molecule has 1 heterocycles. The van der Waals surface area contributed by atoms with Crippen LogP contribution in [0.15, 0.2) is 24.3 Å². The molecule has 0 unspecified atom stereocenters. The Hall–Kier alpha value is -1.14. The van der Waals surface area contributed by atoms with E-state index in [1.165, 1.54) is 0 Å². The molecule has 1 saturated heterocycles. The second kappa shape index (κ2) is 5.67. The smallest absolute Gasteiger partial charge is 0.118 e. The van der Waals surface area contributed by atoms with Gasteiger partial charge in [0.15, 0.2) is 0 Å². The minimum atomic E-state index is -0.896. The van der Waals surface area contributed by atoms with Gasteiger partial charge in [-0.2, -0.15) is 0 Å². The molecule has 1 fully saturated rings. The summed E-state index contributed by atoms with van der Waals surface area (Å²) in [5, 5.41) is 28.1. The van der Waals surface area contributed by atoms with Crippen LogP contribution < -0.4 is 4.74 Å². The predicted octanol–water partition coefficient (Wildman–Crippen LogP) is -0.407. The second-order valence-electron chi connectivity index (χ2n) is 4.59. The summed E-state index contributed by atoms with van der Waals surface area (Å²) in [5.41, 5.74) is 1.08. The van der Waals surface area contributed by atoms with Crippen LogP contribution in [0.5, 0.6) is 5.75 Å². The van der Waals surface area contributed by atoms with Crippen molar-refractivity contribution < 1.29 is 20.1 Å². The first-order valence-electron chi connectivity index (χ1n) is 5.99. The zero-order valence-electron chi connectivity index (χ0n) is 10.4. The van der Waals surface area contributed by atoms with Crippen molar-refractivity contribution in [3.8, 4) is 5.75 Å². The Morgan fingerprint density at radius 2 is 2.06 bits per heavy atom. The van der Waals surface area contributed by atoms with E-state index >= 15 is 0 Å². The number of rotatable bonds is 5. The number of hydrogen-bond donors (Lipinski definition) is 3. The van der Waals surface area contributed by atoms with Gasteiger partial charge in [-0.25, -0.2) is 0 Å². The molecule has 0 amide bonds. The van der Waals surface area contributed by atoms with E-state index in [9.17, 15) is 10.2 Å². The Kier molecular flexibility index (Phi) is 4.19. The number of aliphatic hydroxyl groups is 3. The average Bonchev–Trinajstić information content (AvgIpc) is 2.38. The maximum absolute atomic E-state index is 9.61. The lowest BCUT2D eigenvalue weighted by Gasteiger charge is -2.47. The molecular formula is C13H19NO4. The number of nitrogens with zero attached hydrogens (tertiary/aromatic N) is 1. The van der Waals surface area contributed by atoms with Crippen molar-refractivity contribution in [2.24, 2.45) is 0 Å². The first-order chi connectivity index (χ1) is 8.65. The Labute approximate surface area is 106 Å². The second-order valence-corrected chi connectivity index (χ2v) is 4.59. The zero-order valence-corrected chi connectivity index (χ0v) is 10.4. The van der Waals surface area contributed by atoms with Gasteiger partial charge in [0.2, 0.25) is 0 Å². The van der Waals surface area contributed by atoms with E-state index in [2.05, 4.69) is 0 Å². The van der Waals surface area contributed by atoms with E-state index in [0.29, 0.717) is 13.1 Å². The van der Waals surface area contributed by atoms with Crippen molar-refractivity contribution in [2.45, 2.75) is 24.8 Å². The first-order valence-corrected chi connectivity index (χ1v) is 5.99. The summed E-state index contributed by atoms with van der Waals surface area (Å²) < 4.78 is 5.08. The highest BCUT2D eigenvalue weighted by Crippen LogP contribution is 2.24. The van der Waals surface area contributed by atoms with E-state index in [0.717, 1.165) is 11.3 Å². The van der Waals surface area contributed by atoms with Gasteiger partial charge in [0.25, 0.3) is 0 Å². The first kappa shape index (κ1) is 13.3. The quantitative estimate of drug-likeness (QED) is 0.665. The molecule has 3 N–H and O–H groups in total. The van der Waals surface area contributed by atoms with E-state index in [1.807, 2.05) is 29.2 Å². The summed E-state index contributed by atoms with van der Waals surface area (Å²) >= 11 is 0. The summed E-state index contributed by atoms with van der Waals surface area (Å²) in [6.07, 6.45) is -1.46. The zero-order chi connectivity index (χ0) is 13.1. The number of likely N-dealkylation sites (tertiary alicyclic amines) is 1. The molecule has 0 aliphatic carbocycles. The van der Waals surface area contributed by atoms with Crippen LogP contribution in [0.1, 0.15) is 5.56 Å². The normalized spacial score (nSPS) is 25.6. The van der Waals surface area contributed by atoms with Crippen molar-refractivity contribution in [2.75, 3.05) is 20.3 Å². The minimum Gasteiger partial charge on any atom is -0.497 e. The lowest BCUT2D eigenvalue weighted by atomic mass is 9.93. The lowest BCUT2D eigenvalue weighted by molar-refractivity contribution is -0.127. The summed E-state index contributed by atoms with van der Waals surface area (Å²) in [6.45, 7) is 0.831. The third-order valence-electron chi connectivity index (χ3n) is 3.36. The lowest BCUT2D eigenvalue weighted by Crippen LogP contribution is -2.65. The molecule has 2 rings (SSSR count). The largest absolute Gasteiger partial charge is 0.497 e. The number of ether oxygens (including phenoxy) is 1. The van der Waals surface area contributed by atoms with Crippen LogP contribution in [0.4, 0.5) is 0 Å². The standard InChI is InChI=1S/C13H19NO4/c1-18-10-4-2-9(3-5-10)6-14-7-11(16)13(14)12(17)8-15/h2-5,11-13,15-17H,6-8H2,1H3/t11-,12+,13+/m0/s1. The minimum absolute atomic E-state index is 0.333. The van der Waals surface area contributed by atoms with Crippen molar-refractivity contribution in [3.63, 3.8) is 0 Å². The van der Waals surface area contributed by atoms with Crippen LogP contribution in [0.25, 0.3) is 0 Å². The molecule has 0 aromatic heterocycles. The van der Waals surface area contributed by atoms with Gasteiger partial charge < -0.3 is 20.1 Å². The Morgan fingerprint density at radius 1 is 1.39 bits per heavy atom. The van der Waals surface area contributed by atoms with Crippen LogP contribution >= 0.6 is 0 Å². The fourth-order valence-corrected chi connectivity index (χ4v) is 2.32. The van der Waals surface area contributed by atoms with Gasteiger partial charge in [0.1, 0.15) is 5.75 Å². The number of β-amino-alcohol motifs (C(OH)–C–C–N with tert-alkyl or cyclic N) is 1. The summed E-state index contributed by atoms with van der Waals surface area (Å²) in [6, 6.07) is 7.28. The van der Waals surface area contributed by atoms with Crippen molar-refractivity contribution in [1.29, 1.82) is 0 Å². The maximum atomic E-state index is 9.61. The van der Waals surface area contributed by atoms with Gasteiger partial charge in [-0.1, -0.05) is 12.1 Å². The molecule has 5 nitrogen and oxygen atoms in total. The van der Waals surface area contributed by atoms with E-state index in [4.69, 9.17) is 9.84 Å². The molecule has 0 saturated carbocycles. The summed E-state index contributed by atoms with van der Waals surface area (Å²) in [4.78, 5) is 1.95. The molecule has 1 aromatic carbocycles. The van der Waals surface area contributed by atoms with Crippen molar-refractivity contribution in [3.05, 3.63) is 29.8 Å². The molecule has 0 radical (unpaired) electrons. The van der Waals surface area contributed by atoms with Gasteiger partial charge in [-0.15, -0.1) is 0 Å². The predicted molar refractivity (Wildman–Crippen MR) is 66.3 cm³/mol. The fraction of sp³-hybridized carbons (Fsp3) is 0.538. The number of aliphatic hydroxyl groups excluding tert-OH is 3. The average molecular weight is 253 g/mol. The highest BCUT2D eigenvalue weighted by atomic mass is 16.5. The third kappa shape index (κ3) is 2.64. The molecular weight excluding hydrogens is 234 g/mol. The molecule has 3 atom stereocenters. The van der Waals surface area contributed by atoms with Crippen LogP contribution in [-0.4, -0.2) is 58.7 Å². The topological polar surface area (TPSA) is 73.2 Å².